The Hall–Kier alpha value is -1.69. The Labute approximate surface area is 151 Å². The number of Topliss-reactive ketones (excluding diaryl/α,β-unsaturated/α-hetero) is 2. The largest absolute Gasteiger partial charge is 0.468 e. The molecule has 1 fully saturated rings. The molecule has 4 nitrogen and oxygen atoms in total. The predicted octanol–water partition coefficient (Wildman–Crippen LogP) is 3.25. The van der Waals surface area contributed by atoms with Gasteiger partial charge in [0.2, 0.25) is 0 Å². The van der Waals surface area contributed by atoms with Crippen molar-refractivity contribution in [3.63, 3.8) is 0 Å². The van der Waals surface area contributed by atoms with Crippen LogP contribution in [0.2, 0.25) is 0 Å². The number of thioether (sulfide) groups is 1. The van der Waals surface area contributed by atoms with Crippen LogP contribution >= 0.6 is 11.8 Å². The summed E-state index contributed by atoms with van der Waals surface area (Å²) in [6.45, 7) is 3.44. The summed E-state index contributed by atoms with van der Waals surface area (Å²) in [5.41, 5.74) is 0.617. The van der Waals surface area contributed by atoms with Gasteiger partial charge in [-0.3, -0.25) is 14.4 Å². The highest BCUT2D eigenvalue weighted by molar-refractivity contribution is 7.99. The summed E-state index contributed by atoms with van der Waals surface area (Å²) in [6, 6.07) is 5.68. The molecule has 0 radical (unpaired) electrons. The van der Waals surface area contributed by atoms with Gasteiger partial charge >= 0.3 is 5.97 Å². The van der Waals surface area contributed by atoms with Crippen LogP contribution in [0.4, 0.5) is 4.39 Å². The van der Waals surface area contributed by atoms with Crippen LogP contribution < -0.4 is 0 Å². The number of methoxy groups -OCH3 is 1. The third-order valence-electron chi connectivity index (χ3n) is 4.58. The zero-order chi connectivity index (χ0) is 18.6. The lowest BCUT2D eigenvalue weighted by molar-refractivity contribution is -0.152. The molecule has 1 aliphatic rings. The minimum absolute atomic E-state index is 0.0403. The maximum absolute atomic E-state index is 13.4. The fraction of sp³-hybridized carbons (Fsp3) is 0.526. The second kappa shape index (κ2) is 8.61. The number of halogens is 1. The van der Waals surface area contributed by atoms with Crippen LogP contribution in [0.5, 0.6) is 0 Å². The summed E-state index contributed by atoms with van der Waals surface area (Å²) in [7, 11) is 1.24. The zero-order valence-electron chi connectivity index (χ0n) is 14.7. The minimum Gasteiger partial charge on any atom is -0.468 e. The molecule has 1 aliphatic heterocycles. The number of carbonyl (C=O) groups excluding carboxylic acids is 3. The van der Waals surface area contributed by atoms with E-state index in [1.807, 2.05) is 0 Å². The molecule has 1 aromatic rings. The first kappa shape index (κ1) is 19.6. The molecule has 0 bridgehead atoms. The first-order valence-electron chi connectivity index (χ1n) is 8.34. The number of rotatable bonds is 6. The molecule has 1 aromatic carbocycles. The molecule has 25 heavy (non-hydrogen) atoms. The van der Waals surface area contributed by atoms with Gasteiger partial charge in [0.1, 0.15) is 23.3 Å². The van der Waals surface area contributed by atoms with E-state index < -0.39 is 29.5 Å². The summed E-state index contributed by atoms with van der Waals surface area (Å²) in [5, 5.41) is 0. The number of hydrogen-bond donors (Lipinski definition) is 0. The fourth-order valence-corrected chi connectivity index (χ4v) is 4.39. The van der Waals surface area contributed by atoms with Crippen molar-refractivity contribution < 1.29 is 23.5 Å². The summed E-state index contributed by atoms with van der Waals surface area (Å²) in [6.07, 6.45) is 0.413. The SMILES string of the molecule is COC(=O)C(C(=O)C(C)C)C(c1ccc(F)cc1)C1CSCCC1=O. The van der Waals surface area contributed by atoms with E-state index in [2.05, 4.69) is 0 Å². The van der Waals surface area contributed by atoms with E-state index in [0.717, 1.165) is 5.75 Å². The van der Waals surface area contributed by atoms with Crippen molar-refractivity contribution in [3.05, 3.63) is 35.6 Å². The van der Waals surface area contributed by atoms with E-state index in [0.29, 0.717) is 17.7 Å². The lowest BCUT2D eigenvalue weighted by Crippen LogP contribution is -2.41. The average molecular weight is 366 g/mol. The Morgan fingerprint density at radius 3 is 2.40 bits per heavy atom. The molecule has 1 heterocycles. The van der Waals surface area contributed by atoms with Crippen LogP contribution in [0.3, 0.4) is 0 Å². The molecule has 1 saturated heterocycles. The van der Waals surface area contributed by atoms with Crippen LogP contribution in [-0.4, -0.2) is 36.2 Å². The van der Waals surface area contributed by atoms with Crippen LogP contribution in [-0.2, 0) is 19.1 Å². The second-order valence-corrected chi connectivity index (χ2v) is 7.68. The quantitative estimate of drug-likeness (QED) is 0.571. The number of ketones is 2. The minimum atomic E-state index is -1.07. The molecule has 136 valence electrons. The van der Waals surface area contributed by atoms with Crippen molar-refractivity contribution in [3.8, 4) is 0 Å². The monoisotopic (exact) mass is 366 g/mol. The molecule has 3 unspecified atom stereocenters. The first-order valence-corrected chi connectivity index (χ1v) is 9.49. The van der Waals surface area contributed by atoms with E-state index in [1.165, 1.54) is 19.2 Å². The van der Waals surface area contributed by atoms with Gasteiger partial charge in [0.25, 0.3) is 0 Å². The van der Waals surface area contributed by atoms with Crippen molar-refractivity contribution in [2.45, 2.75) is 26.2 Å². The maximum Gasteiger partial charge on any atom is 0.316 e. The Morgan fingerprint density at radius 2 is 1.88 bits per heavy atom. The van der Waals surface area contributed by atoms with Crippen molar-refractivity contribution in [1.29, 1.82) is 0 Å². The molecule has 0 N–H and O–H groups in total. The lowest BCUT2D eigenvalue weighted by Gasteiger charge is -2.33. The van der Waals surface area contributed by atoms with Gasteiger partial charge in [0, 0.05) is 35.7 Å². The van der Waals surface area contributed by atoms with Crippen LogP contribution in [0, 0.1) is 23.6 Å². The normalized spacial score (nSPS) is 20.2. The Morgan fingerprint density at radius 1 is 1.24 bits per heavy atom. The molecule has 0 spiro atoms. The number of hydrogen-bond acceptors (Lipinski definition) is 5. The van der Waals surface area contributed by atoms with Crippen LogP contribution in [0.1, 0.15) is 31.7 Å². The molecule has 2 rings (SSSR count). The molecule has 0 aromatic heterocycles. The molecule has 0 saturated carbocycles. The van der Waals surface area contributed by atoms with Crippen molar-refractivity contribution in [1.82, 2.24) is 0 Å². The number of benzene rings is 1. The third-order valence-corrected chi connectivity index (χ3v) is 5.67. The standard InChI is InChI=1S/C19H23FO4S/c1-11(2)18(22)17(19(23)24-3)16(12-4-6-13(20)7-5-12)14-10-25-9-8-15(14)21/h4-7,11,14,16-17H,8-10H2,1-3H3. The smallest absolute Gasteiger partial charge is 0.316 e. The van der Waals surface area contributed by atoms with Crippen molar-refractivity contribution in [2.75, 3.05) is 18.6 Å². The van der Waals surface area contributed by atoms with Crippen molar-refractivity contribution in [2.24, 2.45) is 17.8 Å². The fourth-order valence-electron chi connectivity index (χ4n) is 3.23. The number of ether oxygens (including phenoxy) is 1. The summed E-state index contributed by atoms with van der Waals surface area (Å²) in [5.74, 6) is -2.52. The van der Waals surface area contributed by atoms with E-state index >= 15 is 0 Å². The Balaban J connectivity index is 2.53. The van der Waals surface area contributed by atoms with E-state index in [4.69, 9.17) is 4.74 Å². The van der Waals surface area contributed by atoms with Crippen LogP contribution in [0.15, 0.2) is 24.3 Å². The predicted molar refractivity (Wildman–Crippen MR) is 94.9 cm³/mol. The summed E-state index contributed by atoms with van der Waals surface area (Å²) < 4.78 is 18.2. The van der Waals surface area contributed by atoms with Gasteiger partial charge < -0.3 is 4.74 Å². The molecular formula is C19H23FO4S. The maximum atomic E-state index is 13.4. The zero-order valence-corrected chi connectivity index (χ0v) is 15.5. The molecule has 0 aliphatic carbocycles. The lowest BCUT2D eigenvalue weighted by atomic mass is 9.72. The topological polar surface area (TPSA) is 60.4 Å². The number of esters is 1. The van der Waals surface area contributed by atoms with Gasteiger partial charge in [-0.2, -0.15) is 11.8 Å². The first-order chi connectivity index (χ1) is 11.9. The van der Waals surface area contributed by atoms with Gasteiger partial charge in [-0.05, 0) is 17.7 Å². The molecule has 3 atom stereocenters. The third kappa shape index (κ3) is 4.48. The van der Waals surface area contributed by atoms with Gasteiger partial charge in [0.05, 0.1) is 7.11 Å². The highest BCUT2D eigenvalue weighted by atomic mass is 32.2. The van der Waals surface area contributed by atoms with Gasteiger partial charge in [0.15, 0.2) is 0 Å². The van der Waals surface area contributed by atoms with Gasteiger partial charge in [-0.15, -0.1) is 0 Å². The number of carbonyl (C=O) groups is 3. The highest BCUT2D eigenvalue weighted by Crippen LogP contribution is 2.40. The van der Waals surface area contributed by atoms with E-state index in [9.17, 15) is 18.8 Å². The highest BCUT2D eigenvalue weighted by Gasteiger charge is 2.44. The molecule has 0 amide bonds. The second-order valence-electron chi connectivity index (χ2n) is 6.53. The average Bonchev–Trinajstić information content (AvgIpc) is 2.60. The summed E-state index contributed by atoms with van der Waals surface area (Å²) in [4.78, 5) is 37.8. The van der Waals surface area contributed by atoms with E-state index in [1.54, 1.807) is 37.7 Å². The Bertz CT molecular complexity index is 641. The molecule has 6 heteroatoms. The van der Waals surface area contributed by atoms with Crippen LogP contribution in [0.25, 0.3) is 0 Å². The molecular weight excluding hydrogens is 343 g/mol. The summed E-state index contributed by atoms with van der Waals surface area (Å²) >= 11 is 1.63. The Kier molecular flexibility index (Phi) is 6.76. The van der Waals surface area contributed by atoms with Gasteiger partial charge in [-0.25, -0.2) is 4.39 Å². The van der Waals surface area contributed by atoms with E-state index in [-0.39, 0.29) is 17.5 Å². The van der Waals surface area contributed by atoms with Gasteiger partial charge in [-0.1, -0.05) is 26.0 Å². The van der Waals surface area contributed by atoms with Crippen molar-refractivity contribution >= 4 is 29.3 Å².